The Morgan fingerprint density at radius 3 is 2.32 bits per heavy atom. The number of ether oxygens (including phenoxy) is 4. The number of anilines is 1. The van der Waals surface area contributed by atoms with Gasteiger partial charge in [-0.05, 0) is 63.4 Å². The molecule has 0 aliphatic carbocycles. The molecule has 7 amide bonds. The number of urea groups is 1. The Kier molecular flexibility index (Phi) is 13.3. The Bertz CT molecular complexity index is 2200. The number of carbonyl (C=O) groups excluding carboxylic acids is 6. The van der Waals surface area contributed by atoms with Crippen molar-refractivity contribution in [3.05, 3.63) is 70.5 Å². The molecule has 0 bridgehead atoms. The number of nitrogens with one attached hydrogen (secondary N) is 1. The molecule has 1 N–H and O–H groups in total. The van der Waals surface area contributed by atoms with Gasteiger partial charge in [-0.15, -0.1) is 5.10 Å². The normalized spacial score (nSPS) is 17.7. The van der Waals surface area contributed by atoms with Crippen molar-refractivity contribution in [1.29, 1.82) is 5.26 Å². The zero-order chi connectivity index (χ0) is 43.2. The average Bonchev–Trinajstić information content (AvgIpc) is 3.81. The highest BCUT2D eigenvalue weighted by atomic mass is 19.4. The molecule has 3 aromatic rings. The number of benzene rings is 2. The Balaban J connectivity index is 0.833. The van der Waals surface area contributed by atoms with Crippen LogP contribution in [0.4, 0.5) is 23.7 Å². The van der Waals surface area contributed by atoms with E-state index in [1.54, 1.807) is 23.0 Å². The van der Waals surface area contributed by atoms with E-state index in [-0.39, 0.29) is 88.2 Å². The highest BCUT2D eigenvalue weighted by Crippen LogP contribution is 2.38. The van der Waals surface area contributed by atoms with E-state index >= 15 is 0 Å². The minimum Gasteiger partial charge on any atom is -0.490 e. The number of carbonyl (C=O) groups is 6. The second kappa shape index (κ2) is 18.4. The van der Waals surface area contributed by atoms with Gasteiger partial charge in [0.1, 0.15) is 29.6 Å². The molecule has 2 saturated heterocycles. The number of hydrogen-bond acceptors (Lipinski definition) is 13. The first-order chi connectivity index (χ1) is 28.6. The number of rotatable bonds is 19. The molecule has 2 aromatic carbocycles. The molecule has 6 rings (SSSR count). The second-order valence-corrected chi connectivity index (χ2v) is 14.4. The Hall–Kier alpha value is -6.24. The van der Waals surface area contributed by atoms with E-state index in [1.165, 1.54) is 30.9 Å². The van der Waals surface area contributed by atoms with E-state index < -0.39 is 64.5 Å². The summed E-state index contributed by atoms with van der Waals surface area (Å²) in [5.74, 6) is -2.93. The molecule has 3 aliphatic heterocycles. The summed E-state index contributed by atoms with van der Waals surface area (Å²) in [6.07, 6.45) is -2.06. The van der Waals surface area contributed by atoms with Gasteiger partial charge in [-0.25, -0.2) is 9.69 Å². The number of aromatic nitrogens is 3. The Labute approximate surface area is 341 Å². The average molecular weight is 839 g/mol. The van der Waals surface area contributed by atoms with Gasteiger partial charge in [0, 0.05) is 19.5 Å². The van der Waals surface area contributed by atoms with E-state index in [1.807, 2.05) is 0 Å². The van der Waals surface area contributed by atoms with Crippen LogP contribution in [-0.2, 0) is 47.9 Å². The van der Waals surface area contributed by atoms with Crippen LogP contribution in [0, 0.1) is 11.3 Å². The number of imide groups is 3. The van der Waals surface area contributed by atoms with Crippen LogP contribution in [0.15, 0.2) is 42.6 Å². The van der Waals surface area contributed by atoms with Crippen molar-refractivity contribution in [3.8, 4) is 11.8 Å². The molecular weight excluding hydrogens is 797 g/mol. The highest BCUT2D eigenvalue weighted by Gasteiger charge is 2.52. The number of nitriles is 1. The molecule has 318 valence electrons. The van der Waals surface area contributed by atoms with Gasteiger partial charge in [-0.2, -0.15) is 18.4 Å². The first kappa shape index (κ1) is 43.3. The topological polar surface area (TPSA) is 216 Å². The lowest BCUT2D eigenvalue weighted by atomic mass is 10.0. The van der Waals surface area contributed by atoms with Crippen LogP contribution >= 0.6 is 0 Å². The predicted molar refractivity (Wildman–Crippen MR) is 199 cm³/mol. The number of fused-ring (bicyclic) bond motifs is 1. The van der Waals surface area contributed by atoms with Crippen LogP contribution in [0.3, 0.4) is 0 Å². The van der Waals surface area contributed by atoms with Crippen molar-refractivity contribution in [2.75, 3.05) is 51.1 Å². The minimum atomic E-state index is -4.85. The van der Waals surface area contributed by atoms with Crippen molar-refractivity contribution in [2.24, 2.45) is 0 Å². The fraction of sp³-hybridized carbons (Fsp3) is 0.462. The fourth-order valence-corrected chi connectivity index (χ4v) is 6.93. The van der Waals surface area contributed by atoms with Gasteiger partial charge >= 0.3 is 12.2 Å². The summed E-state index contributed by atoms with van der Waals surface area (Å²) < 4.78 is 64.7. The largest absolute Gasteiger partial charge is 0.490 e. The van der Waals surface area contributed by atoms with Crippen LogP contribution in [0.2, 0.25) is 0 Å². The molecule has 0 saturated carbocycles. The zero-order valence-electron chi connectivity index (χ0n) is 32.7. The number of hydrogen-bond donors (Lipinski definition) is 1. The molecule has 0 radical (unpaired) electrons. The van der Waals surface area contributed by atoms with E-state index in [4.69, 9.17) is 24.2 Å². The van der Waals surface area contributed by atoms with E-state index in [0.717, 1.165) is 17.0 Å². The molecule has 1 atom stereocenters. The quantitative estimate of drug-likeness (QED) is 0.104. The van der Waals surface area contributed by atoms with Crippen LogP contribution in [0.25, 0.3) is 0 Å². The first-order valence-corrected chi connectivity index (χ1v) is 19.0. The number of aryl methyl sites for hydroxylation is 1. The highest BCUT2D eigenvalue weighted by molar-refractivity contribution is 6.25. The van der Waals surface area contributed by atoms with Crippen LogP contribution < -0.4 is 15.0 Å². The van der Waals surface area contributed by atoms with Gasteiger partial charge in [-0.3, -0.25) is 38.9 Å². The lowest BCUT2D eigenvalue weighted by Gasteiger charge is -2.27. The molecule has 3 aliphatic rings. The Morgan fingerprint density at radius 1 is 0.917 bits per heavy atom. The minimum absolute atomic E-state index is 0.0197. The maximum absolute atomic E-state index is 13.5. The molecule has 21 heteroatoms. The summed E-state index contributed by atoms with van der Waals surface area (Å²) >= 11 is 0. The van der Waals surface area contributed by atoms with E-state index in [0.29, 0.717) is 36.0 Å². The molecule has 2 fully saturated rings. The summed E-state index contributed by atoms with van der Waals surface area (Å²) in [7, 11) is 0. The van der Waals surface area contributed by atoms with E-state index in [2.05, 4.69) is 15.6 Å². The summed E-state index contributed by atoms with van der Waals surface area (Å²) in [6, 6.07) is 7.00. The zero-order valence-corrected chi connectivity index (χ0v) is 32.7. The molecular formula is C39H41F3N8O10. The summed E-state index contributed by atoms with van der Waals surface area (Å²) in [4.78, 5) is 79.4. The SMILES string of the molecule is CC1(C)C(=O)N(c2ccc(C#N)c(C(F)(F)F)c2)C(=O)N1CCCCn1cc(COCCOCCOCCOc2cccc3c2C(=O)N(C2CCC(=O)NC2=O)C3=O)nn1. The third-order valence-electron chi connectivity index (χ3n) is 10.0. The second-order valence-electron chi connectivity index (χ2n) is 14.4. The molecule has 0 spiro atoms. The number of unbranched alkanes of at least 4 members (excludes halogenated alkanes) is 1. The summed E-state index contributed by atoms with van der Waals surface area (Å²) in [5.41, 5.74) is -2.65. The predicted octanol–water partition coefficient (Wildman–Crippen LogP) is 3.23. The van der Waals surface area contributed by atoms with Gasteiger partial charge in [0.15, 0.2) is 0 Å². The fourth-order valence-electron chi connectivity index (χ4n) is 6.93. The number of nitrogens with zero attached hydrogens (tertiary/aromatic N) is 7. The maximum Gasteiger partial charge on any atom is 0.417 e. The van der Waals surface area contributed by atoms with Gasteiger partial charge < -0.3 is 23.8 Å². The molecule has 1 unspecified atom stereocenters. The third-order valence-corrected chi connectivity index (χ3v) is 10.0. The van der Waals surface area contributed by atoms with Gasteiger partial charge in [0.05, 0.1) is 79.8 Å². The van der Waals surface area contributed by atoms with Crippen LogP contribution in [0.1, 0.15) is 77.1 Å². The molecule has 4 heterocycles. The van der Waals surface area contributed by atoms with Crippen molar-refractivity contribution in [2.45, 2.75) is 70.4 Å². The number of alkyl halides is 3. The molecule has 18 nitrogen and oxygen atoms in total. The van der Waals surface area contributed by atoms with Crippen LogP contribution in [0.5, 0.6) is 5.75 Å². The maximum atomic E-state index is 13.5. The number of piperidine rings is 1. The number of halogens is 3. The van der Waals surface area contributed by atoms with Crippen molar-refractivity contribution in [1.82, 2.24) is 30.1 Å². The lowest BCUT2D eigenvalue weighted by molar-refractivity contribution is -0.138. The smallest absolute Gasteiger partial charge is 0.417 e. The van der Waals surface area contributed by atoms with Crippen molar-refractivity contribution < 1.29 is 60.9 Å². The Morgan fingerprint density at radius 2 is 1.62 bits per heavy atom. The third kappa shape index (κ3) is 9.30. The monoisotopic (exact) mass is 838 g/mol. The molecule has 1 aromatic heterocycles. The summed E-state index contributed by atoms with van der Waals surface area (Å²) in [6.45, 7) is 5.16. The summed E-state index contributed by atoms with van der Waals surface area (Å²) in [5, 5.41) is 19.4. The first-order valence-electron chi connectivity index (χ1n) is 19.0. The molecule has 60 heavy (non-hydrogen) atoms. The van der Waals surface area contributed by atoms with E-state index in [9.17, 15) is 41.9 Å². The number of amides is 7. The van der Waals surface area contributed by atoms with Gasteiger partial charge in [0.25, 0.3) is 17.7 Å². The van der Waals surface area contributed by atoms with Gasteiger partial charge in [-0.1, -0.05) is 11.3 Å². The van der Waals surface area contributed by atoms with Crippen molar-refractivity contribution in [3.63, 3.8) is 0 Å². The lowest BCUT2D eigenvalue weighted by Crippen LogP contribution is -2.54. The van der Waals surface area contributed by atoms with Crippen molar-refractivity contribution >= 4 is 41.3 Å². The van der Waals surface area contributed by atoms with Gasteiger partial charge in [0.2, 0.25) is 11.8 Å². The standard InChI is InChI=1S/C39H41F3N8O10/c1-38(2)36(55)49(26-9-8-24(21-43)28(20-26)39(40,41)42)37(56)48(38)13-4-3-12-47-22-25(45-46-47)23-59-17-16-57-14-15-58-18-19-60-30-7-5-6-27-32(30)35(54)50(34(27)53)29-10-11-31(51)44-33(29)52/h5-9,20,22,29H,3-4,10-19,23H2,1-2H3,(H,44,51,52). The van der Waals surface area contributed by atoms with Crippen LogP contribution in [-0.4, -0.2) is 118 Å².